The number of hydrogen-bond acceptors (Lipinski definition) is 3. The molecule has 5 nitrogen and oxygen atoms in total. The maximum absolute atomic E-state index is 11.6. The lowest BCUT2D eigenvalue weighted by Crippen LogP contribution is -2.21. The summed E-state index contributed by atoms with van der Waals surface area (Å²) in [5.41, 5.74) is 2.51. The molecule has 88 valence electrons. The molecule has 0 aliphatic rings. The molecular weight excluding hydrogens is 216 g/mol. The third-order valence-electron chi connectivity index (χ3n) is 2.60. The highest BCUT2D eigenvalue weighted by Gasteiger charge is 2.12. The van der Waals surface area contributed by atoms with E-state index >= 15 is 0 Å². The van der Waals surface area contributed by atoms with E-state index in [1.165, 1.54) is 16.4 Å². The van der Waals surface area contributed by atoms with Crippen LogP contribution in [-0.4, -0.2) is 27.9 Å². The lowest BCUT2D eigenvalue weighted by molar-refractivity contribution is 0.0955. The fraction of sp³-hybridized carbons (Fsp3) is 0.250. The van der Waals surface area contributed by atoms with Crippen LogP contribution in [0.15, 0.2) is 30.5 Å². The van der Waals surface area contributed by atoms with Gasteiger partial charge in [-0.05, 0) is 24.1 Å². The summed E-state index contributed by atoms with van der Waals surface area (Å²) in [6, 6.07) is 7.90. The third-order valence-corrected chi connectivity index (χ3v) is 2.60. The summed E-state index contributed by atoms with van der Waals surface area (Å²) in [5, 5.41) is 10.2. The fourth-order valence-corrected chi connectivity index (χ4v) is 1.58. The van der Waals surface area contributed by atoms with E-state index in [4.69, 9.17) is 0 Å². The number of nitrogens with zero attached hydrogens (tertiary/aromatic N) is 3. The zero-order chi connectivity index (χ0) is 12.3. The summed E-state index contributed by atoms with van der Waals surface area (Å²) in [4.78, 5) is 11.6. The molecule has 0 spiro atoms. The van der Waals surface area contributed by atoms with Gasteiger partial charge in [0, 0.05) is 7.05 Å². The van der Waals surface area contributed by atoms with E-state index in [0.29, 0.717) is 5.69 Å². The van der Waals surface area contributed by atoms with E-state index in [0.717, 1.165) is 12.1 Å². The van der Waals surface area contributed by atoms with Crippen LogP contribution in [0.1, 0.15) is 23.0 Å². The van der Waals surface area contributed by atoms with Gasteiger partial charge < -0.3 is 5.32 Å². The molecule has 1 N–H and O–H groups in total. The molecule has 0 atom stereocenters. The van der Waals surface area contributed by atoms with Crippen molar-refractivity contribution in [3.8, 4) is 5.69 Å². The third kappa shape index (κ3) is 2.18. The van der Waals surface area contributed by atoms with Gasteiger partial charge in [-0.25, -0.2) is 4.68 Å². The minimum absolute atomic E-state index is 0.199. The van der Waals surface area contributed by atoms with Gasteiger partial charge in [-0.2, -0.15) is 0 Å². The molecule has 5 heteroatoms. The van der Waals surface area contributed by atoms with Gasteiger partial charge in [0.1, 0.15) is 0 Å². The van der Waals surface area contributed by atoms with Gasteiger partial charge in [0.2, 0.25) is 0 Å². The molecule has 0 saturated heterocycles. The Labute approximate surface area is 99.5 Å². The topological polar surface area (TPSA) is 59.8 Å². The molecule has 0 radical (unpaired) electrons. The number of hydrogen-bond donors (Lipinski definition) is 1. The molecular formula is C12H14N4O. The van der Waals surface area contributed by atoms with Gasteiger partial charge >= 0.3 is 0 Å². The molecule has 0 aliphatic heterocycles. The molecule has 0 bridgehead atoms. The van der Waals surface area contributed by atoms with E-state index in [9.17, 15) is 4.79 Å². The molecule has 17 heavy (non-hydrogen) atoms. The zero-order valence-electron chi connectivity index (χ0n) is 9.84. The predicted molar refractivity (Wildman–Crippen MR) is 64.1 cm³/mol. The first-order valence-corrected chi connectivity index (χ1v) is 5.48. The van der Waals surface area contributed by atoms with E-state index in [1.54, 1.807) is 7.05 Å². The predicted octanol–water partition coefficient (Wildman–Crippen LogP) is 1.19. The number of aromatic nitrogens is 3. The summed E-state index contributed by atoms with van der Waals surface area (Å²) in [6.07, 6.45) is 2.44. The second-order valence-corrected chi connectivity index (χ2v) is 3.63. The molecule has 1 aromatic heterocycles. The minimum atomic E-state index is -0.199. The highest BCUT2D eigenvalue weighted by atomic mass is 16.2. The van der Waals surface area contributed by atoms with Gasteiger partial charge in [-0.1, -0.05) is 24.3 Å². The summed E-state index contributed by atoms with van der Waals surface area (Å²) in [6.45, 7) is 2.10. The number of carbonyl (C=O) groups is 1. The van der Waals surface area contributed by atoms with Crippen LogP contribution in [0, 0.1) is 0 Å². The summed E-state index contributed by atoms with van der Waals surface area (Å²) >= 11 is 0. The number of carbonyl (C=O) groups excluding carboxylic acids is 1. The number of aryl methyl sites for hydroxylation is 1. The van der Waals surface area contributed by atoms with Crippen molar-refractivity contribution in [1.82, 2.24) is 20.3 Å². The van der Waals surface area contributed by atoms with Crippen LogP contribution >= 0.6 is 0 Å². The monoisotopic (exact) mass is 230 g/mol. The van der Waals surface area contributed by atoms with Crippen molar-refractivity contribution in [2.24, 2.45) is 0 Å². The maximum atomic E-state index is 11.6. The van der Waals surface area contributed by atoms with Gasteiger partial charge in [-0.15, -0.1) is 5.10 Å². The van der Waals surface area contributed by atoms with Crippen LogP contribution in [0.3, 0.4) is 0 Å². The average Bonchev–Trinajstić information content (AvgIpc) is 2.87. The van der Waals surface area contributed by atoms with Gasteiger partial charge in [-0.3, -0.25) is 4.79 Å². The van der Waals surface area contributed by atoms with Crippen molar-refractivity contribution in [2.45, 2.75) is 13.3 Å². The van der Waals surface area contributed by atoms with Crippen LogP contribution < -0.4 is 5.32 Å². The SMILES string of the molecule is CCc1ccc(-n2nncc2C(=O)NC)cc1. The lowest BCUT2D eigenvalue weighted by Gasteiger charge is -2.05. The first-order valence-electron chi connectivity index (χ1n) is 5.48. The molecule has 1 heterocycles. The van der Waals surface area contributed by atoms with Crippen molar-refractivity contribution < 1.29 is 4.79 Å². The van der Waals surface area contributed by atoms with Gasteiger partial charge in [0.15, 0.2) is 5.69 Å². The van der Waals surface area contributed by atoms with Crippen molar-refractivity contribution in [3.63, 3.8) is 0 Å². The second-order valence-electron chi connectivity index (χ2n) is 3.63. The van der Waals surface area contributed by atoms with Crippen molar-refractivity contribution in [2.75, 3.05) is 7.05 Å². The maximum Gasteiger partial charge on any atom is 0.271 e. The first kappa shape index (κ1) is 11.3. The summed E-state index contributed by atoms with van der Waals surface area (Å²) < 4.78 is 1.53. The van der Waals surface area contributed by atoms with E-state index < -0.39 is 0 Å². The Morgan fingerprint density at radius 2 is 2.06 bits per heavy atom. The first-order chi connectivity index (χ1) is 8.26. The molecule has 0 unspecified atom stereocenters. The summed E-state index contributed by atoms with van der Waals surface area (Å²) in [7, 11) is 1.58. The van der Waals surface area contributed by atoms with Gasteiger partial charge in [0.05, 0.1) is 11.9 Å². The van der Waals surface area contributed by atoms with Crippen LogP contribution in [-0.2, 0) is 6.42 Å². The van der Waals surface area contributed by atoms with Crippen LogP contribution in [0.2, 0.25) is 0 Å². The van der Waals surface area contributed by atoms with Crippen LogP contribution in [0.4, 0.5) is 0 Å². The zero-order valence-corrected chi connectivity index (χ0v) is 9.84. The van der Waals surface area contributed by atoms with Gasteiger partial charge in [0.25, 0.3) is 5.91 Å². The highest BCUT2D eigenvalue weighted by molar-refractivity contribution is 5.92. The molecule has 0 aliphatic carbocycles. The second kappa shape index (κ2) is 4.78. The normalized spacial score (nSPS) is 10.2. The highest BCUT2D eigenvalue weighted by Crippen LogP contribution is 2.11. The smallest absolute Gasteiger partial charge is 0.271 e. The van der Waals surface area contributed by atoms with E-state index in [-0.39, 0.29) is 5.91 Å². The Kier molecular flexibility index (Phi) is 3.18. The average molecular weight is 230 g/mol. The molecule has 1 aromatic carbocycles. The van der Waals surface area contributed by atoms with Crippen molar-refractivity contribution in [3.05, 3.63) is 41.7 Å². The Morgan fingerprint density at radius 1 is 1.35 bits per heavy atom. The number of amides is 1. The Balaban J connectivity index is 2.39. The summed E-state index contributed by atoms with van der Waals surface area (Å²) in [5.74, 6) is -0.199. The Hall–Kier alpha value is -2.17. The van der Waals surface area contributed by atoms with Crippen molar-refractivity contribution in [1.29, 1.82) is 0 Å². The fourth-order valence-electron chi connectivity index (χ4n) is 1.58. The largest absolute Gasteiger partial charge is 0.354 e. The molecule has 2 rings (SSSR count). The number of nitrogens with one attached hydrogen (secondary N) is 1. The number of benzene rings is 1. The quantitative estimate of drug-likeness (QED) is 0.861. The Morgan fingerprint density at radius 3 is 2.65 bits per heavy atom. The lowest BCUT2D eigenvalue weighted by atomic mass is 10.1. The number of rotatable bonds is 3. The van der Waals surface area contributed by atoms with Crippen molar-refractivity contribution >= 4 is 5.91 Å². The Bertz CT molecular complexity index is 516. The van der Waals surface area contributed by atoms with E-state index in [1.807, 2.05) is 24.3 Å². The molecule has 0 fully saturated rings. The minimum Gasteiger partial charge on any atom is -0.354 e. The molecule has 1 amide bonds. The van der Waals surface area contributed by atoms with Crippen LogP contribution in [0.25, 0.3) is 5.69 Å². The standard InChI is InChI=1S/C12H14N4O/c1-3-9-4-6-10(7-5-9)16-11(8-14-15-16)12(17)13-2/h4-8H,3H2,1-2H3,(H,13,17). The van der Waals surface area contributed by atoms with Crippen LogP contribution in [0.5, 0.6) is 0 Å². The van der Waals surface area contributed by atoms with E-state index in [2.05, 4.69) is 22.6 Å². The molecule has 2 aromatic rings. The molecule has 0 saturated carbocycles.